The van der Waals surface area contributed by atoms with Gasteiger partial charge in [0, 0.05) is 25.3 Å². The number of nitrogens with zero attached hydrogens (tertiary/aromatic N) is 3. The molecular formula is C18H27N5. The predicted molar refractivity (Wildman–Crippen MR) is 94.5 cm³/mol. The molecule has 0 spiro atoms. The third kappa shape index (κ3) is 3.41. The van der Waals surface area contributed by atoms with Gasteiger partial charge in [0.2, 0.25) is 0 Å². The zero-order valence-corrected chi connectivity index (χ0v) is 14.0. The molecule has 0 aromatic heterocycles. The van der Waals surface area contributed by atoms with E-state index in [1.807, 2.05) is 19.9 Å². The van der Waals surface area contributed by atoms with Crippen LogP contribution in [-0.2, 0) is 6.54 Å². The Hall–Kier alpha value is -1.85. The normalized spacial score (nSPS) is 26.1. The number of rotatable bonds is 3. The van der Waals surface area contributed by atoms with Crippen molar-refractivity contribution >= 4 is 5.84 Å². The van der Waals surface area contributed by atoms with E-state index in [1.54, 1.807) is 0 Å². The summed E-state index contributed by atoms with van der Waals surface area (Å²) in [5, 5.41) is 0. The minimum Gasteiger partial charge on any atom is -0.360 e. The van der Waals surface area contributed by atoms with Crippen molar-refractivity contribution in [3.8, 4) is 0 Å². The Morgan fingerprint density at radius 3 is 2.65 bits per heavy atom. The van der Waals surface area contributed by atoms with E-state index in [1.165, 1.54) is 5.56 Å². The standard InChI is InChI=1S/C18H27N5/c1-13-11-22(12-15-7-4-3-5-8-15)17(14(2)19)18(21-13)23-10-6-9-16(23)20/h3-5,7-8,11,14,16-17H,6,9-10,12,19-20H2,1-2H3. The molecule has 0 radical (unpaired) electrons. The smallest absolute Gasteiger partial charge is 0.130 e. The molecule has 4 N–H and O–H groups in total. The van der Waals surface area contributed by atoms with Crippen molar-refractivity contribution in [2.75, 3.05) is 6.54 Å². The van der Waals surface area contributed by atoms with Crippen LogP contribution in [0, 0.1) is 0 Å². The van der Waals surface area contributed by atoms with Crippen LogP contribution in [0.25, 0.3) is 0 Å². The number of benzene rings is 1. The minimum atomic E-state index is -0.0189. The molecule has 3 atom stereocenters. The predicted octanol–water partition coefficient (Wildman–Crippen LogP) is 1.86. The van der Waals surface area contributed by atoms with Crippen LogP contribution in [0.5, 0.6) is 0 Å². The molecule has 1 aromatic carbocycles. The molecule has 1 fully saturated rings. The molecule has 5 heteroatoms. The van der Waals surface area contributed by atoms with E-state index in [4.69, 9.17) is 16.5 Å². The van der Waals surface area contributed by atoms with Crippen LogP contribution in [0.15, 0.2) is 47.2 Å². The molecule has 0 aliphatic carbocycles. The van der Waals surface area contributed by atoms with Crippen molar-refractivity contribution in [1.82, 2.24) is 9.80 Å². The van der Waals surface area contributed by atoms with Gasteiger partial charge in [0.1, 0.15) is 11.9 Å². The molecule has 5 nitrogen and oxygen atoms in total. The third-order valence-electron chi connectivity index (χ3n) is 4.56. The highest BCUT2D eigenvalue weighted by Crippen LogP contribution is 2.25. The number of likely N-dealkylation sites (tertiary alicyclic amines) is 1. The van der Waals surface area contributed by atoms with Crippen molar-refractivity contribution < 1.29 is 0 Å². The first kappa shape index (κ1) is 16.0. The van der Waals surface area contributed by atoms with E-state index >= 15 is 0 Å². The lowest BCUT2D eigenvalue weighted by Gasteiger charge is -2.41. The highest BCUT2D eigenvalue weighted by molar-refractivity contribution is 5.90. The SMILES string of the molecule is CC1=CN(Cc2ccccc2)C(C(C)N)C(N2CCCC2N)=N1. The van der Waals surface area contributed by atoms with Gasteiger partial charge >= 0.3 is 0 Å². The molecule has 0 saturated carbocycles. The molecule has 1 aromatic rings. The Morgan fingerprint density at radius 1 is 1.30 bits per heavy atom. The topological polar surface area (TPSA) is 70.9 Å². The first-order valence-corrected chi connectivity index (χ1v) is 8.41. The summed E-state index contributed by atoms with van der Waals surface area (Å²) < 4.78 is 0. The average molecular weight is 313 g/mol. The second-order valence-corrected chi connectivity index (χ2v) is 6.61. The van der Waals surface area contributed by atoms with Crippen molar-refractivity contribution in [3.05, 3.63) is 47.8 Å². The van der Waals surface area contributed by atoms with Crippen molar-refractivity contribution in [3.63, 3.8) is 0 Å². The average Bonchev–Trinajstić information content (AvgIpc) is 2.93. The van der Waals surface area contributed by atoms with E-state index in [-0.39, 0.29) is 18.2 Å². The van der Waals surface area contributed by atoms with Crippen LogP contribution >= 0.6 is 0 Å². The molecule has 0 amide bonds. The highest BCUT2D eigenvalue weighted by atomic mass is 15.3. The number of aliphatic imine (C=N–C) groups is 1. The van der Waals surface area contributed by atoms with Gasteiger partial charge in [-0.25, -0.2) is 4.99 Å². The van der Waals surface area contributed by atoms with Gasteiger partial charge in [-0.1, -0.05) is 30.3 Å². The summed E-state index contributed by atoms with van der Waals surface area (Å²) in [5.41, 5.74) is 14.9. The molecule has 2 heterocycles. The zero-order valence-electron chi connectivity index (χ0n) is 14.0. The molecule has 0 bridgehead atoms. The Kier molecular flexibility index (Phi) is 4.68. The Bertz CT molecular complexity index is 593. The lowest BCUT2D eigenvalue weighted by atomic mass is 10.0. The van der Waals surface area contributed by atoms with Gasteiger partial charge < -0.3 is 21.3 Å². The van der Waals surface area contributed by atoms with Crippen LogP contribution in [0.1, 0.15) is 32.3 Å². The maximum atomic E-state index is 6.34. The summed E-state index contributed by atoms with van der Waals surface area (Å²) in [4.78, 5) is 9.36. The molecular weight excluding hydrogens is 286 g/mol. The van der Waals surface area contributed by atoms with E-state index in [2.05, 4.69) is 40.3 Å². The van der Waals surface area contributed by atoms with Gasteiger partial charge in [0.25, 0.3) is 0 Å². The molecule has 2 aliphatic heterocycles. The fourth-order valence-electron chi connectivity index (χ4n) is 3.53. The van der Waals surface area contributed by atoms with Crippen molar-refractivity contribution in [2.24, 2.45) is 16.5 Å². The van der Waals surface area contributed by atoms with E-state index in [9.17, 15) is 0 Å². The maximum Gasteiger partial charge on any atom is 0.130 e. The zero-order chi connectivity index (χ0) is 16.4. The van der Waals surface area contributed by atoms with Crippen LogP contribution in [0.3, 0.4) is 0 Å². The van der Waals surface area contributed by atoms with E-state index in [0.29, 0.717) is 0 Å². The fraction of sp³-hybridized carbons (Fsp3) is 0.500. The maximum absolute atomic E-state index is 6.34. The summed E-state index contributed by atoms with van der Waals surface area (Å²) >= 11 is 0. The lowest BCUT2D eigenvalue weighted by molar-refractivity contribution is 0.258. The lowest BCUT2D eigenvalue weighted by Crippen LogP contribution is -2.57. The third-order valence-corrected chi connectivity index (χ3v) is 4.56. The van der Waals surface area contributed by atoms with Crippen molar-refractivity contribution in [2.45, 2.75) is 51.5 Å². The Balaban J connectivity index is 1.89. The summed E-state index contributed by atoms with van der Waals surface area (Å²) in [6, 6.07) is 10.5. The summed E-state index contributed by atoms with van der Waals surface area (Å²) in [6.45, 7) is 5.88. The second kappa shape index (κ2) is 6.72. The van der Waals surface area contributed by atoms with Gasteiger partial charge in [0.15, 0.2) is 0 Å². The quantitative estimate of drug-likeness (QED) is 0.893. The van der Waals surface area contributed by atoms with Gasteiger partial charge in [0.05, 0.1) is 11.9 Å². The first-order chi connectivity index (χ1) is 11.1. The number of amidine groups is 1. The summed E-state index contributed by atoms with van der Waals surface area (Å²) in [7, 11) is 0. The van der Waals surface area contributed by atoms with Crippen molar-refractivity contribution in [1.29, 1.82) is 0 Å². The van der Waals surface area contributed by atoms with Crippen LogP contribution in [-0.4, -0.2) is 40.4 Å². The van der Waals surface area contributed by atoms with Crippen LogP contribution in [0.4, 0.5) is 0 Å². The molecule has 3 unspecified atom stereocenters. The van der Waals surface area contributed by atoms with Gasteiger partial charge in [-0.15, -0.1) is 0 Å². The summed E-state index contributed by atoms with van der Waals surface area (Å²) in [6.07, 6.45) is 4.31. The monoisotopic (exact) mass is 313 g/mol. The summed E-state index contributed by atoms with van der Waals surface area (Å²) in [5.74, 6) is 1.03. The largest absolute Gasteiger partial charge is 0.360 e. The van der Waals surface area contributed by atoms with E-state index < -0.39 is 0 Å². The second-order valence-electron chi connectivity index (χ2n) is 6.61. The number of allylic oxidation sites excluding steroid dienone is 1. The first-order valence-electron chi connectivity index (χ1n) is 8.41. The highest BCUT2D eigenvalue weighted by Gasteiger charge is 2.35. The van der Waals surface area contributed by atoms with Crippen LogP contribution < -0.4 is 11.5 Å². The molecule has 2 aliphatic rings. The van der Waals surface area contributed by atoms with E-state index in [0.717, 1.165) is 37.5 Å². The van der Waals surface area contributed by atoms with Gasteiger partial charge in [-0.05, 0) is 32.3 Å². The number of hydrogen-bond acceptors (Lipinski definition) is 5. The molecule has 23 heavy (non-hydrogen) atoms. The number of nitrogens with two attached hydrogens (primary N) is 2. The molecule has 124 valence electrons. The fourth-order valence-corrected chi connectivity index (χ4v) is 3.53. The molecule has 1 saturated heterocycles. The molecule has 3 rings (SSSR count). The van der Waals surface area contributed by atoms with Crippen LogP contribution in [0.2, 0.25) is 0 Å². The van der Waals surface area contributed by atoms with Gasteiger partial charge in [-0.2, -0.15) is 0 Å². The minimum absolute atomic E-state index is 0.0189. The number of hydrogen-bond donors (Lipinski definition) is 2. The van der Waals surface area contributed by atoms with Gasteiger partial charge in [-0.3, -0.25) is 0 Å². The Labute approximate surface area is 138 Å². The Morgan fingerprint density at radius 2 is 2.04 bits per heavy atom.